The Morgan fingerprint density at radius 1 is 0.441 bits per heavy atom. The van der Waals surface area contributed by atoms with E-state index >= 15 is 0 Å². The maximum Gasteiger partial charge on any atom is 0.272 e. The molecule has 12 atom stereocenters. The minimum Gasteiger partial charge on any atom is -0.371 e. The van der Waals surface area contributed by atoms with E-state index in [0.29, 0.717) is 56.7 Å². The van der Waals surface area contributed by atoms with Crippen molar-refractivity contribution in [2.24, 2.45) is 24.8 Å². The summed E-state index contributed by atoms with van der Waals surface area (Å²) in [6.07, 6.45) is 29.0. The second kappa shape index (κ2) is 29.5. The predicted octanol–water partition coefficient (Wildman–Crippen LogP) is 6.10. The third-order valence-electron chi connectivity index (χ3n) is 20.9. The molecule has 27 nitrogen and oxygen atoms in total. The molecule has 6 aliphatic heterocycles. The summed E-state index contributed by atoms with van der Waals surface area (Å²) in [6.45, 7) is 14.3. The molecule has 3 saturated carbocycles. The van der Waals surface area contributed by atoms with Gasteiger partial charge in [0.05, 0.1) is 74.8 Å². The van der Waals surface area contributed by atoms with E-state index in [1.165, 1.54) is 96.3 Å². The van der Waals surface area contributed by atoms with Crippen LogP contribution in [0, 0.1) is 38.5 Å². The lowest BCUT2D eigenvalue weighted by Crippen LogP contribution is -2.44. The number of aryl methyl sites for hydroxylation is 6. The van der Waals surface area contributed by atoms with Gasteiger partial charge in [0.25, 0.3) is 17.7 Å². The number of amides is 3. The molecule has 0 radical (unpaired) electrons. The van der Waals surface area contributed by atoms with E-state index in [0.717, 1.165) is 90.7 Å². The van der Waals surface area contributed by atoms with Gasteiger partial charge in [-0.15, -0.1) is 15.3 Å². The van der Waals surface area contributed by atoms with Crippen molar-refractivity contribution in [1.82, 2.24) is 90.3 Å². The number of fused-ring (bicyclic) bond motifs is 3. The number of nitrogens with one attached hydrogen (secondary N) is 3. The van der Waals surface area contributed by atoms with Gasteiger partial charge in [0, 0.05) is 55.8 Å². The van der Waals surface area contributed by atoms with Crippen LogP contribution in [0.3, 0.4) is 0 Å². The van der Waals surface area contributed by atoms with Crippen LogP contribution in [0.5, 0.6) is 0 Å². The third kappa shape index (κ3) is 14.9. The highest BCUT2D eigenvalue weighted by Gasteiger charge is 2.52. The van der Waals surface area contributed by atoms with Gasteiger partial charge in [-0.25, -0.2) is 14.0 Å². The minimum atomic E-state index is -0.199. The fourth-order valence-electron chi connectivity index (χ4n) is 15.7. The Balaban J connectivity index is 0.000000127. The molecule has 93 heavy (non-hydrogen) atoms. The van der Waals surface area contributed by atoms with Crippen LogP contribution in [0.1, 0.15) is 200 Å². The van der Waals surface area contributed by atoms with Crippen molar-refractivity contribution < 1.29 is 42.8 Å². The summed E-state index contributed by atoms with van der Waals surface area (Å²) in [5.41, 5.74) is 7.36. The Morgan fingerprint density at radius 3 is 1.11 bits per heavy atom. The lowest BCUT2D eigenvalue weighted by molar-refractivity contribution is 0.0613. The lowest BCUT2D eigenvalue weighted by Gasteiger charge is -2.20. The van der Waals surface area contributed by atoms with Gasteiger partial charge in [0.2, 0.25) is 0 Å². The number of hydrogen-bond donors (Lipinski definition) is 3. The van der Waals surface area contributed by atoms with Crippen molar-refractivity contribution >= 4 is 17.7 Å². The van der Waals surface area contributed by atoms with Crippen molar-refractivity contribution in [3.05, 3.63) is 88.0 Å². The van der Waals surface area contributed by atoms with Crippen molar-refractivity contribution in [3.63, 3.8) is 0 Å². The van der Waals surface area contributed by atoms with Crippen molar-refractivity contribution in [2.45, 2.75) is 243 Å². The maximum absolute atomic E-state index is 12.8. The fraction of sp³-hybridized carbons (Fsp3) is 0.727. The van der Waals surface area contributed by atoms with Gasteiger partial charge in [0.1, 0.15) is 71.8 Å². The first-order valence-electron chi connectivity index (χ1n) is 34.8. The van der Waals surface area contributed by atoms with E-state index in [4.69, 9.17) is 28.4 Å². The van der Waals surface area contributed by atoms with E-state index in [1.807, 2.05) is 70.3 Å². The maximum atomic E-state index is 12.8. The molecule has 504 valence electrons. The molecule has 12 unspecified atom stereocenters. The molecule has 6 aromatic heterocycles. The largest absolute Gasteiger partial charge is 0.371 e. The molecule has 6 saturated heterocycles. The Hall–Kier alpha value is -6.78. The highest BCUT2D eigenvalue weighted by Crippen LogP contribution is 2.38. The van der Waals surface area contributed by atoms with Gasteiger partial charge in [-0.2, -0.15) is 15.3 Å². The Kier molecular flexibility index (Phi) is 20.6. The normalized spacial score (nSPS) is 28.7. The number of hydrogen-bond acceptors (Lipinski definition) is 18. The van der Waals surface area contributed by atoms with E-state index < -0.39 is 0 Å². The molecule has 3 amide bonds. The van der Waals surface area contributed by atoms with Crippen LogP contribution in [0.25, 0.3) is 0 Å². The smallest absolute Gasteiger partial charge is 0.272 e. The molecule has 3 aliphatic carbocycles. The molecule has 0 aromatic carbocycles. The van der Waals surface area contributed by atoms with Crippen LogP contribution < -0.4 is 16.0 Å². The summed E-state index contributed by atoms with van der Waals surface area (Å²) in [7, 11) is 1.83. The van der Waals surface area contributed by atoms with E-state index in [1.54, 1.807) is 10.7 Å². The van der Waals surface area contributed by atoms with Crippen molar-refractivity contribution in [3.8, 4) is 0 Å². The van der Waals surface area contributed by atoms with Crippen molar-refractivity contribution in [1.29, 1.82) is 0 Å². The highest BCUT2D eigenvalue weighted by molar-refractivity contribution is 5.93. The Morgan fingerprint density at radius 2 is 0.774 bits per heavy atom. The number of ether oxygens (including phenoxy) is 6. The number of nitrogens with zero attached hydrogens (tertiary/aromatic N) is 15. The summed E-state index contributed by atoms with van der Waals surface area (Å²) in [5.74, 6) is 1.62. The van der Waals surface area contributed by atoms with Gasteiger partial charge in [-0.1, -0.05) is 119 Å². The molecule has 27 heteroatoms. The summed E-state index contributed by atoms with van der Waals surface area (Å²) < 4.78 is 47.4. The topological polar surface area (TPSA) is 288 Å². The standard InChI is InChI=1S/C23H34N6O3.C22H32N6O3.C21H30N6O3/c1-3-9-28-15(2)10-18(26-28)23(30)24-19-13-31-22-20(14-32-21(19)22)29-12-17(25-27-29)11-16-7-5-4-6-8-16;1-3-27-14(2)9-17(25-27)22(29)23-18-12-30-21-19(13-31-20(18)21)28-11-16(24-26-28)10-15-7-5-4-6-8-15;1-13-8-16(24-26(13)2)21(28)22-17-11-29-20-18(12-30-19(17)20)27-10-15(23-25-27)9-14-6-4-3-5-7-14/h10,12,16,19-22H,3-9,11,13-14H2,1-2H3,(H,24,30);9,11,15,18-21H,3-8,10,12-13H2,1-2H3,(H,23,29);8,10,14,17-20H,3-7,9,11-12H2,1-2H3,(H,22,28). The molecule has 0 bridgehead atoms. The quantitative estimate of drug-likeness (QED) is 0.0876. The van der Waals surface area contributed by atoms with E-state index in [9.17, 15) is 14.4 Å². The number of aromatic nitrogens is 15. The molecule has 9 fully saturated rings. The average Bonchev–Trinajstić information content (AvgIpc) is 1.69. The van der Waals surface area contributed by atoms with Crippen LogP contribution in [-0.4, -0.2) is 186 Å². The van der Waals surface area contributed by atoms with Crippen LogP contribution in [0.2, 0.25) is 0 Å². The lowest BCUT2D eigenvalue weighted by atomic mass is 9.86. The summed E-state index contributed by atoms with van der Waals surface area (Å²) in [5, 5.41) is 48.6. The summed E-state index contributed by atoms with van der Waals surface area (Å²) in [4.78, 5) is 38.0. The average molecular weight is 1290 g/mol. The van der Waals surface area contributed by atoms with E-state index in [-0.39, 0.29) is 90.6 Å². The van der Waals surface area contributed by atoms with Gasteiger partial charge < -0.3 is 44.4 Å². The number of carbonyl (C=O) groups is 3. The fourth-order valence-corrected chi connectivity index (χ4v) is 15.7. The second-order valence-electron chi connectivity index (χ2n) is 27.6. The molecule has 0 spiro atoms. The van der Waals surface area contributed by atoms with Gasteiger partial charge >= 0.3 is 0 Å². The first-order valence-corrected chi connectivity index (χ1v) is 34.8. The van der Waals surface area contributed by atoms with Crippen molar-refractivity contribution in [2.75, 3.05) is 39.6 Å². The minimum absolute atomic E-state index is 0.0124. The van der Waals surface area contributed by atoms with Gasteiger partial charge in [-0.05, 0) is 89.3 Å². The SMILES string of the molecule is CCCn1nc(C(=O)NC2COC3C2OCC3n2cc(CC3CCCCC3)nn2)cc1C.CCn1nc(C(=O)NC2COC3C2OCC3n2cc(CC3CCCCC3)nn2)cc1C.Cc1cc(C(=O)NC2COC3C2OCC3n2cc(CC3CCCCC3)nn2)nn1C. The number of carbonyl (C=O) groups excluding carboxylic acids is 3. The molecule has 6 aromatic rings. The Labute approximate surface area is 543 Å². The monoisotopic (exact) mass is 1280 g/mol. The second-order valence-corrected chi connectivity index (χ2v) is 27.6. The van der Waals surface area contributed by atoms with Crippen LogP contribution in [0.15, 0.2) is 36.8 Å². The highest BCUT2D eigenvalue weighted by atomic mass is 16.6. The number of rotatable bonds is 18. The van der Waals surface area contributed by atoms with Crippen LogP contribution in [0.4, 0.5) is 0 Å². The van der Waals surface area contributed by atoms with Crippen LogP contribution in [-0.2, 0) is 67.8 Å². The molecule has 12 heterocycles. The molecular weight excluding hydrogens is 1190 g/mol. The zero-order valence-electron chi connectivity index (χ0n) is 55.1. The molecular formula is C66H96N18O9. The summed E-state index contributed by atoms with van der Waals surface area (Å²) >= 11 is 0. The van der Waals surface area contributed by atoms with Gasteiger partial charge in [0.15, 0.2) is 0 Å². The molecule has 15 rings (SSSR count). The molecule has 3 N–H and O–H groups in total. The third-order valence-corrected chi connectivity index (χ3v) is 20.9. The first-order chi connectivity index (χ1) is 45.3. The van der Waals surface area contributed by atoms with Gasteiger partial charge in [-0.3, -0.25) is 28.4 Å². The predicted molar refractivity (Wildman–Crippen MR) is 338 cm³/mol. The first kappa shape index (κ1) is 64.9. The van der Waals surface area contributed by atoms with E-state index in [2.05, 4.69) is 87.7 Å². The zero-order chi connectivity index (χ0) is 64.1. The molecule has 9 aliphatic rings. The zero-order valence-corrected chi connectivity index (χ0v) is 55.1. The summed E-state index contributed by atoms with van der Waals surface area (Å²) in [6, 6.07) is 4.81. The van der Waals surface area contributed by atoms with Crippen LogP contribution >= 0.6 is 0 Å². The Bertz CT molecular complexity index is 3440.